The van der Waals surface area contributed by atoms with Crippen LogP contribution in [0.2, 0.25) is 0 Å². The molecule has 6 heteroatoms. The van der Waals surface area contributed by atoms with E-state index in [2.05, 4.69) is 40.5 Å². The van der Waals surface area contributed by atoms with Crippen molar-refractivity contribution < 1.29 is 9.59 Å². The normalized spacial score (nSPS) is 19.7. The molecule has 1 unspecified atom stereocenters. The first kappa shape index (κ1) is 25.2. The van der Waals surface area contributed by atoms with Crippen LogP contribution in [0, 0.1) is 5.92 Å². The second kappa shape index (κ2) is 11.7. The van der Waals surface area contributed by atoms with Gasteiger partial charge >= 0.3 is 0 Å². The van der Waals surface area contributed by atoms with E-state index < -0.39 is 12.1 Å². The summed E-state index contributed by atoms with van der Waals surface area (Å²) < 4.78 is 0. The Morgan fingerprint density at radius 3 is 2.46 bits per heavy atom. The number of hydrogen-bond donors (Lipinski definition) is 2. The van der Waals surface area contributed by atoms with Crippen LogP contribution in [0.15, 0.2) is 48.5 Å². The van der Waals surface area contributed by atoms with Gasteiger partial charge in [0.1, 0.15) is 0 Å². The number of anilines is 2. The Bertz CT molecular complexity index is 998. The van der Waals surface area contributed by atoms with Crippen molar-refractivity contribution in [2.45, 2.75) is 76.4 Å². The van der Waals surface area contributed by atoms with Crippen LogP contribution >= 0.6 is 0 Å². The molecule has 1 saturated carbocycles. The standard InChI is InChI=1S/C29H40N4O2/c1-32(2)24-16-12-22(13-17-24)20-33-27-11-7-6-10-23(27)15-19-26(29(33)35)31-25(28(30)34)18-14-21-8-4-3-5-9-21/h6-7,10-13,16-17,21,25-26,31H,3-5,8-9,14-15,18-20H2,1-2H3,(H2,30,34)/t25-,26?/m0/s1. The van der Waals surface area contributed by atoms with Crippen LogP contribution in [0.4, 0.5) is 11.4 Å². The molecule has 0 saturated heterocycles. The minimum absolute atomic E-state index is 0.00977. The molecule has 0 bridgehead atoms. The minimum atomic E-state index is -0.478. The summed E-state index contributed by atoms with van der Waals surface area (Å²) in [6.07, 6.45) is 9.48. The fraction of sp³-hybridized carbons (Fsp3) is 0.517. The summed E-state index contributed by atoms with van der Waals surface area (Å²) in [4.78, 5) is 30.1. The van der Waals surface area contributed by atoms with Crippen molar-refractivity contribution in [1.29, 1.82) is 0 Å². The lowest BCUT2D eigenvalue weighted by atomic mass is 9.85. The van der Waals surface area contributed by atoms with E-state index in [0.29, 0.717) is 25.3 Å². The maximum absolute atomic E-state index is 13.9. The van der Waals surface area contributed by atoms with Gasteiger partial charge in [0.2, 0.25) is 11.8 Å². The summed E-state index contributed by atoms with van der Waals surface area (Å²) in [5.74, 6) is 0.319. The largest absolute Gasteiger partial charge is 0.378 e. The van der Waals surface area contributed by atoms with Gasteiger partial charge in [-0.3, -0.25) is 14.9 Å². The highest BCUT2D eigenvalue weighted by Gasteiger charge is 2.33. The monoisotopic (exact) mass is 476 g/mol. The van der Waals surface area contributed by atoms with Crippen LogP contribution in [0.5, 0.6) is 0 Å². The number of aryl methyl sites for hydroxylation is 1. The molecule has 188 valence electrons. The Labute approximate surface area is 209 Å². The molecule has 3 N–H and O–H groups in total. The van der Waals surface area contributed by atoms with Crippen LogP contribution in [-0.4, -0.2) is 38.0 Å². The number of nitrogens with two attached hydrogens (primary N) is 1. The average molecular weight is 477 g/mol. The zero-order valence-electron chi connectivity index (χ0n) is 21.2. The SMILES string of the molecule is CN(C)c1ccc(CN2C(=O)C(N[C@@H](CCC3CCCCC3)C(N)=O)CCc3ccccc32)cc1. The smallest absolute Gasteiger partial charge is 0.244 e. The van der Waals surface area contributed by atoms with Crippen LogP contribution in [0.25, 0.3) is 0 Å². The molecule has 1 fully saturated rings. The first-order valence-electron chi connectivity index (χ1n) is 13.1. The Hall–Kier alpha value is -2.86. The van der Waals surface area contributed by atoms with Gasteiger partial charge in [-0.25, -0.2) is 0 Å². The quantitative estimate of drug-likeness (QED) is 0.562. The van der Waals surface area contributed by atoms with E-state index in [1.165, 1.54) is 32.1 Å². The van der Waals surface area contributed by atoms with Gasteiger partial charge in [-0.1, -0.05) is 62.4 Å². The van der Waals surface area contributed by atoms with Gasteiger partial charge in [-0.05, 0) is 60.9 Å². The highest BCUT2D eigenvalue weighted by molar-refractivity contribution is 5.99. The Morgan fingerprint density at radius 1 is 1.06 bits per heavy atom. The summed E-state index contributed by atoms with van der Waals surface area (Å²) in [5, 5.41) is 3.39. The van der Waals surface area contributed by atoms with Crippen molar-refractivity contribution in [2.75, 3.05) is 23.9 Å². The summed E-state index contributed by atoms with van der Waals surface area (Å²) in [6.45, 7) is 0.491. The van der Waals surface area contributed by atoms with E-state index >= 15 is 0 Å². The van der Waals surface area contributed by atoms with E-state index in [4.69, 9.17) is 5.73 Å². The molecule has 2 amide bonds. The predicted octanol–water partition coefficient (Wildman–Crippen LogP) is 4.40. The van der Waals surface area contributed by atoms with E-state index in [1.54, 1.807) is 0 Å². The summed E-state index contributed by atoms with van der Waals surface area (Å²) >= 11 is 0. The van der Waals surface area contributed by atoms with Gasteiger partial charge < -0.3 is 15.5 Å². The lowest BCUT2D eigenvalue weighted by Gasteiger charge is -2.29. The van der Waals surface area contributed by atoms with Gasteiger partial charge in [0.25, 0.3) is 0 Å². The minimum Gasteiger partial charge on any atom is -0.378 e. The molecule has 0 aromatic heterocycles. The number of primary amides is 1. The highest BCUT2D eigenvalue weighted by Crippen LogP contribution is 2.30. The number of fused-ring (bicyclic) bond motifs is 1. The zero-order valence-corrected chi connectivity index (χ0v) is 21.2. The molecule has 1 aliphatic carbocycles. The van der Waals surface area contributed by atoms with Crippen molar-refractivity contribution in [3.63, 3.8) is 0 Å². The average Bonchev–Trinajstić information content (AvgIpc) is 2.99. The number of amides is 2. The number of benzene rings is 2. The Balaban J connectivity index is 1.51. The van der Waals surface area contributed by atoms with Crippen LogP contribution in [0.3, 0.4) is 0 Å². The second-order valence-electron chi connectivity index (χ2n) is 10.4. The van der Waals surface area contributed by atoms with E-state index in [9.17, 15) is 9.59 Å². The van der Waals surface area contributed by atoms with Crippen LogP contribution < -0.4 is 20.9 Å². The summed E-state index contributed by atoms with van der Waals surface area (Å²) in [7, 11) is 4.03. The van der Waals surface area contributed by atoms with Crippen molar-refractivity contribution in [3.8, 4) is 0 Å². The summed E-state index contributed by atoms with van der Waals surface area (Å²) in [6, 6.07) is 15.5. The van der Waals surface area contributed by atoms with Gasteiger partial charge in [-0.2, -0.15) is 0 Å². The third-order valence-corrected chi connectivity index (χ3v) is 7.68. The predicted molar refractivity (Wildman–Crippen MR) is 142 cm³/mol. The molecule has 0 spiro atoms. The lowest BCUT2D eigenvalue weighted by Crippen LogP contribution is -2.53. The maximum atomic E-state index is 13.9. The fourth-order valence-corrected chi connectivity index (χ4v) is 5.54. The summed E-state index contributed by atoms with van der Waals surface area (Å²) in [5.41, 5.74) is 10.1. The van der Waals surface area contributed by atoms with Gasteiger partial charge in [0, 0.05) is 25.5 Å². The molecule has 0 radical (unpaired) electrons. The van der Waals surface area contributed by atoms with E-state index in [-0.39, 0.29) is 11.8 Å². The first-order valence-corrected chi connectivity index (χ1v) is 13.1. The molecule has 2 aromatic carbocycles. The molecule has 35 heavy (non-hydrogen) atoms. The number of para-hydroxylation sites is 1. The number of rotatable bonds is 9. The van der Waals surface area contributed by atoms with Gasteiger partial charge in [0.05, 0.1) is 18.6 Å². The molecule has 2 aliphatic rings. The number of nitrogens with one attached hydrogen (secondary N) is 1. The molecular weight excluding hydrogens is 436 g/mol. The van der Waals surface area contributed by atoms with Crippen LogP contribution in [0.1, 0.15) is 62.5 Å². The molecule has 2 aromatic rings. The molecule has 1 aliphatic heterocycles. The third-order valence-electron chi connectivity index (χ3n) is 7.68. The molecule has 2 atom stereocenters. The number of carbonyl (C=O) groups is 2. The molecule has 1 heterocycles. The maximum Gasteiger partial charge on any atom is 0.244 e. The van der Waals surface area contributed by atoms with Gasteiger partial charge in [-0.15, -0.1) is 0 Å². The Kier molecular flexibility index (Phi) is 8.45. The number of nitrogens with zero attached hydrogens (tertiary/aromatic N) is 2. The number of carbonyl (C=O) groups excluding carboxylic acids is 2. The number of hydrogen-bond acceptors (Lipinski definition) is 4. The van der Waals surface area contributed by atoms with E-state index in [0.717, 1.165) is 35.3 Å². The van der Waals surface area contributed by atoms with Crippen molar-refractivity contribution >= 4 is 23.2 Å². The molecular formula is C29H40N4O2. The highest BCUT2D eigenvalue weighted by atomic mass is 16.2. The topological polar surface area (TPSA) is 78.7 Å². The third kappa shape index (κ3) is 6.43. The van der Waals surface area contributed by atoms with E-state index in [1.807, 2.05) is 37.2 Å². The zero-order chi connectivity index (χ0) is 24.8. The van der Waals surface area contributed by atoms with Crippen molar-refractivity contribution in [3.05, 3.63) is 59.7 Å². The van der Waals surface area contributed by atoms with Crippen molar-refractivity contribution in [2.24, 2.45) is 11.7 Å². The van der Waals surface area contributed by atoms with Gasteiger partial charge in [0.15, 0.2) is 0 Å². The Morgan fingerprint density at radius 2 is 1.77 bits per heavy atom. The molecule has 4 rings (SSSR count). The second-order valence-corrected chi connectivity index (χ2v) is 10.4. The fourth-order valence-electron chi connectivity index (χ4n) is 5.54. The van der Waals surface area contributed by atoms with Crippen molar-refractivity contribution in [1.82, 2.24) is 5.32 Å². The first-order chi connectivity index (χ1) is 16.9. The van der Waals surface area contributed by atoms with Crippen LogP contribution in [-0.2, 0) is 22.6 Å². The molecule has 6 nitrogen and oxygen atoms in total. The lowest BCUT2D eigenvalue weighted by molar-refractivity contribution is -0.123.